The molecule has 0 radical (unpaired) electrons. The van der Waals surface area contributed by atoms with E-state index in [0.29, 0.717) is 5.56 Å². The number of thioether (sulfide) groups is 2. The molecule has 0 unspecified atom stereocenters. The van der Waals surface area contributed by atoms with Gasteiger partial charge in [-0.05, 0) is 56.4 Å². The van der Waals surface area contributed by atoms with Crippen LogP contribution in [0.1, 0.15) is 93.7 Å². The molecule has 0 aliphatic carbocycles. The SMILES string of the molecule is CC(C)C[C@H](NC(=O)[C@H](Cc1ccccc1)NC(=O)CNC(=O)CNC(=O)[C@H](Cc1ccc(OP(=O)(OCCSC(=O)C(C)(C)C)OCCSC(=O)C(C)(C)C)cc1)NC(=O)OC(C)(C)C)C(N)=O. The fraction of sp³-hybridized carbons (Fsp3) is 0.574. The third-order valence-corrected chi connectivity index (χ3v) is 13.0. The van der Waals surface area contributed by atoms with Crippen LogP contribution in [0.15, 0.2) is 54.6 Å². The van der Waals surface area contributed by atoms with E-state index in [9.17, 15) is 42.9 Å². The van der Waals surface area contributed by atoms with Crippen molar-refractivity contribution in [3.8, 4) is 5.75 Å². The summed E-state index contributed by atoms with van der Waals surface area (Å²) in [6.45, 7) is 17.9. The molecule has 7 N–H and O–H groups in total. The van der Waals surface area contributed by atoms with Crippen molar-refractivity contribution in [3.05, 3.63) is 65.7 Å². The van der Waals surface area contributed by atoms with Crippen LogP contribution in [0.5, 0.6) is 5.75 Å². The van der Waals surface area contributed by atoms with E-state index < -0.39 is 91.1 Å². The lowest BCUT2D eigenvalue weighted by Crippen LogP contribution is -2.55. The zero-order valence-corrected chi connectivity index (χ0v) is 44.0. The maximum absolute atomic E-state index is 13.8. The number of rotatable bonds is 26. The van der Waals surface area contributed by atoms with E-state index in [-0.39, 0.29) is 65.9 Å². The molecule has 0 heterocycles. The normalized spacial score (nSPS) is 13.3. The Bertz CT molecular complexity index is 2070. The number of amides is 6. The van der Waals surface area contributed by atoms with Gasteiger partial charge in [-0.2, -0.15) is 0 Å². The Kier molecular flexibility index (Phi) is 24.5. The van der Waals surface area contributed by atoms with E-state index in [2.05, 4.69) is 26.6 Å². The highest BCUT2D eigenvalue weighted by molar-refractivity contribution is 8.14. The van der Waals surface area contributed by atoms with Crippen LogP contribution < -0.4 is 36.8 Å². The fourth-order valence-electron chi connectivity index (χ4n) is 5.63. The predicted octanol–water partition coefficient (Wildman–Crippen LogP) is 5.23. The molecule has 3 atom stereocenters. The van der Waals surface area contributed by atoms with Gasteiger partial charge in [-0.3, -0.25) is 42.6 Å². The molecule has 22 heteroatoms. The average molecular weight is 1020 g/mol. The first-order chi connectivity index (χ1) is 32.0. The number of hydrogen-bond acceptors (Lipinski definition) is 15. The van der Waals surface area contributed by atoms with E-state index in [4.69, 9.17) is 24.0 Å². The maximum atomic E-state index is 13.8. The van der Waals surface area contributed by atoms with Gasteiger partial charge in [-0.1, -0.05) is 121 Å². The Hall–Kier alpha value is -4.95. The topological polar surface area (TPSA) is 277 Å². The Morgan fingerprint density at radius 2 is 1.12 bits per heavy atom. The van der Waals surface area contributed by atoms with Gasteiger partial charge in [0.05, 0.1) is 26.3 Å². The molecular weight excluding hydrogens is 952 g/mol. The van der Waals surface area contributed by atoms with Gasteiger partial charge in [-0.25, -0.2) is 9.36 Å². The summed E-state index contributed by atoms with van der Waals surface area (Å²) in [6, 6.07) is 11.5. The minimum Gasteiger partial charge on any atom is -0.444 e. The van der Waals surface area contributed by atoms with Crippen molar-refractivity contribution in [2.24, 2.45) is 22.5 Å². The third kappa shape index (κ3) is 24.9. The van der Waals surface area contributed by atoms with Crippen LogP contribution in [-0.4, -0.2) is 107 Å². The van der Waals surface area contributed by atoms with Gasteiger partial charge in [0.2, 0.25) is 29.5 Å². The number of phosphoric acid groups is 1. The lowest BCUT2D eigenvalue weighted by Gasteiger charge is -2.24. The third-order valence-electron chi connectivity index (χ3n) is 9.12. The molecule has 0 aliphatic rings. The van der Waals surface area contributed by atoms with Crippen molar-refractivity contribution in [3.63, 3.8) is 0 Å². The molecule has 0 aromatic heterocycles. The van der Waals surface area contributed by atoms with Crippen LogP contribution in [0.4, 0.5) is 4.79 Å². The number of hydrogen-bond donors (Lipinski definition) is 6. The minimum atomic E-state index is -4.29. The van der Waals surface area contributed by atoms with E-state index in [0.717, 1.165) is 29.1 Å². The lowest BCUT2D eigenvalue weighted by molar-refractivity contribution is -0.132. The van der Waals surface area contributed by atoms with E-state index >= 15 is 0 Å². The van der Waals surface area contributed by atoms with Crippen LogP contribution in [0.3, 0.4) is 0 Å². The highest BCUT2D eigenvalue weighted by Gasteiger charge is 2.32. The highest BCUT2D eigenvalue weighted by atomic mass is 32.2. The number of nitrogens with two attached hydrogens (primary N) is 1. The molecule has 0 saturated heterocycles. The van der Waals surface area contributed by atoms with Gasteiger partial charge in [0.1, 0.15) is 29.5 Å². The first-order valence-electron chi connectivity index (χ1n) is 22.5. The molecule has 2 aromatic carbocycles. The number of benzene rings is 2. The van der Waals surface area contributed by atoms with Crippen molar-refractivity contribution < 1.29 is 61.2 Å². The quantitative estimate of drug-likeness (QED) is 0.0520. The molecule has 0 saturated carbocycles. The van der Waals surface area contributed by atoms with E-state index in [1.54, 1.807) is 105 Å². The second-order valence-corrected chi connectivity index (χ2v) is 23.1. The average Bonchev–Trinajstić information content (AvgIpc) is 3.23. The van der Waals surface area contributed by atoms with Crippen molar-refractivity contribution in [1.82, 2.24) is 26.6 Å². The summed E-state index contributed by atoms with van der Waals surface area (Å²) in [7, 11) is -4.29. The molecule has 0 spiro atoms. The minimum absolute atomic E-state index is 0.0365. The van der Waals surface area contributed by atoms with Gasteiger partial charge in [0, 0.05) is 35.2 Å². The fourth-order valence-corrected chi connectivity index (χ4v) is 8.63. The van der Waals surface area contributed by atoms with Crippen molar-refractivity contribution in [2.45, 2.75) is 119 Å². The summed E-state index contributed by atoms with van der Waals surface area (Å²) in [4.78, 5) is 103. The standard InChI is InChI=1S/C47H71N6O13PS2/c1-30(2)25-34(39(48)56)52-41(58)36(26-31-15-13-12-14-16-31)51-38(55)29-49-37(54)28-50-40(57)35(53-44(61)65-47(9,10)11)27-32-17-19-33(20-18-32)66-67(62,63-21-23-68-42(59)45(3,4)5)64-22-24-69-43(60)46(6,7)8/h12-20,30,34-36H,21-29H2,1-11H3,(H2,48,56)(H,49,54)(H,50,57)(H,51,55)(H,52,58)(H,53,61)/t34-,35-,36-/m0/s1. The van der Waals surface area contributed by atoms with Gasteiger partial charge < -0.3 is 41.6 Å². The second kappa shape index (κ2) is 28.0. The molecule has 2 aromatic rings. The van der Waals surface area contributed by atoms with Gasteiger partial charge >= 0.3 is 13.9 Å². The molecule has 384 valence electrons. The Labute approximate surface area is 414 Å². The second-order valence-electron chi connectivity index (χ2n) is 19.4. The molecule has 0 aliphatic heterocycles. The van der Waals surface area contributed by atoms with Gasteiger partial charge in [0.25, 0.3) is 0 Å². The summed E-state index contributed by atoms with van der Waals surface area (Å²) in [5.74, 6) is -3.19. The number of ether oxygens (including phenoxy) is 1. The smallest absolute Gasteiger partial charge is 0.444 e. The summed E-state index contributed by atoms with van der Waals surface area (Å²) in [5, 5.41) is 12.4. The van der Waals surface area contributed by atoms with Crippen LogP contribution >= 0.6 is 31.3 Å². The Balaban J connectivity index is 2.15. The van der Waals surface area contributed by atoms with Crippen LogP contribution in [0, 0.1) is 16.7 Å². The number of phosphoric ester groups is 1. The molecular formula is C47H71N6O13PS2. The summed E-state index contributed by atoms with van der Waals surface area (Å²) < 4.78 is 36.1. The molecule has 0 fully saturated rings. The molecule has 6 amide bonds. The summed E-state index contributed by atoms with van der Waals surface area (Å²) in [5.41, 5.74) is 4.63. The Morgan fingerprint density at radius 1 is 0.623 bits per heavy atom. The number of alkyl carbamates (subject to hydrolysis) is 1. The monoisotopic (exact) mass is 1020 g/mol. The van der Waals surface area contributed by atoms with Crippen LogP contribution in [0.25, 0.3) is 0 Å². The van der Waals surface area contributed by atoms with E-state index in [1.165, 1.54) is 12.1 Å². The zero-order chi connectivity index (χ0) is 52.2. The van der Waals surface area contributed by atoms with Crippen molar-refractivity contribution in [2.75, 3.05) is 37.8 Å². The summed E-state index contributed by atoms with van der Waals surface area (Å²) in [6.07, 6.45) is -0.668. The highest BCUT2D eigenvalue weighted by Crippen LogP contribution is 2.50. The molecule has 0 bridgehead atoms. The maximum Gasteiger partial charge on any atom is 0.530 e. The molecule has 19 nitrogen and oxygen atoms in total. The predicted molar refractivity (Wildman–Crippen MR) is 266 cm³/mol. The zero-order valence-electron chi connectivity index (χ0n) is 41.5. The number of carbonyl (C=O) groups is 8. The lowest BCUT2D eigenvalue weighted by atomic mass is 9.99. The van der Waals surface area contributed by atoms with Gasteiger partial charge in [-0.15, -0.1) is 0 Å². The largest absolute Gasteiger partial charge is 0.530 e. The van der Waals surface area contributed by atoms with Gasteiger partial charge in [0.15, 0.2) is 10.2 Å². The van der Waals surface area contributed by atoms with Crippen LogP contribution in [0.2, 0.25) is 0 Å². The van der Waals surface area contributed by atoms with Crippen molar-refractivity contribution >= 4 is 77.2 Å². The Morgan fingerprint density at radius 3 is 1.59 bits per heavy atom. The van der Waals surface area contributed by atoms with E-state index in [1.807, 2.05) is 13.8 Å². The first-order valence-corrected chi connectivity index (χ1v) is 25.9. The molecule has 2 rings (SSSR count). The summed E-state index contributed by atoms with van der Waals surface area (Å²) >= 11 is 2.04. The van der Waals surface area contributed by atoms with Crippen molar-refractivity contribution in [1.29, 1.82) is 0 Å². The van der Waals surface area contributed by atoms with Crippen LogP contribution in [-0.2, 0) is 64.8 Å². The molecule has 69 heavy (non-hydrogen) atoms. The first kappa shape index (κ1) is 60.2. The number of nitrogens with one attached hydrogen (secondary N) is 5. The number of primary amides is 1. The number of carbonyl (C=O) groups excluding carboxylic acids is 8.